The molecule has 0 spiro atoms. The van der Waals surface area contributed by atoms with Gasteiger partial charge >= 0.3 is 6.18 Å². The SMILES string of the molecule is O=S(=O)(NCc1cc(-c2ccccc2)ncn1)c1ccc(C(F)(F)F)cc1. The number of nitrogens with zero attached hydrogens (tertiary/aromatic N) is 2. The van der Waals surface area contributed by atoms with Gasteiger partial charge in [-0.15, -0.1) is 0 Å². The number of halogens is 3. The molecule has 0 aliphatic rings. The van der Waals surface area contributed by atoms with Crippen LogP contribution in [0, 0.1) is 0 Å². The molecule has 3 aromatic rings. The maximum absolute atomic E-state index is 12.6. The van der Waals surface area contributed by atoms with E-state index in [1.807, 2.05) is 30.3 Å². The molecule has 27 heavy (non-hydrogen) atoms. The number of hydrogen-bond donors (Lipinski definition) is 1. The fourth-order valence-electron chi connectivity index (χ4n) is 2.34. The molecule has 3 rings (SSSR count). The monoisotopic (exact) mass is 393 g/mol. The molecule has 0 fully saturated rings. The number of nitrogens with one attached hydrogen (secondary N) is 1. The molecule has 1 aromatic heterocycles. The molecule has 1 heterocycles. The highest BCUT2D eigenvalue weighted by Gasteiger charge is 2.30. The van der Waals surface area contributed by atoms with Gasteiger partial charge in [-0.1, -0.05) is 30.3 Å². The van der Waals surface area contributed by atoms with Crippen molar-refractivity contribution in [3.8, 4) is 11.3 Å². The van der Waals surface area contributed by atoms with E-state index in [2.05, 4.69) is 14.7 Å². The number of hydrogen-bond acceptors (Lipinski definition) is 4. The highest BCUT2D eigenvalue weighted by Crippen LogP contribution is 2.29. The van der Waals surface area contributed by atoms with E-state index in [9.17, 15) is 21.6 Å². The van der Waals surface area contributed by atoms with Crippen LogP contribution in [0.5, 0.6) is 0 Å². The zero-order valence-corrected chi connectivity index (χ0v) is 14.6. The summed E-state index contributed by atoms with van der Waals surface area (Å²) in [5, 5.41) is 0. The molecule has 0 aliphatic carbocycles. The fraction of sp³-hybridized carbons (Fsp3) is 0.111. The molecule has 1 N–H and O–H groups in total. The number of alkyl halides is 3. The Morgan fingerprint density at radius 2 is 1.59 bits per heavy atom. The molecular formula is C18H14F3N3O2S. The van der Waals surface area contributed by atoms with Gasteiger partial charge in [-0.2, -0.15) is 13.2 Å². The van der Waals surface area contributed by atoms with Crippen LogP contribution >= 0.6 is 0 Å². The van der Waals surface area contributed by atoms with Gasteiger partial charge in [0.05, 0.1) is 28.4 Å². The van der Waals surface area contributed by atoms with Crippen LogP contribution in [0.15, 0.2) is 71.9 Å². The van der Waals surface area contributed by atoms with E-state index >= 15 is 0 Å². The van der Waals surface area contributed by atoms with Gasteiger partial charge in [0.2, 0.25) is 10.0 Å². The first-order valence-electron chi connectivity index (χ1n) is 7.79. The van der Waals surface area contributed by atoms with Gasteiger partial charge in [-0.3, -0.25) is 0 Å². The van der Waals surface area contributed by atoms with Crippen molar-refractivity contribution in [2.75, 3.05) is 0 Å². The third-order valence-electron chi connectivity index (χ3n) is 3.73. The normalized spacial score (nSPS) is 12.1. The molecule has 5 nitrogen and oxygen atoms in total. The number of sulfonamides is 1. The summed E-state index contributed by atoms with van der Waals surface area (Å²) in [7, 11) is -3.98. The molecule has 0 amide bonds. The second-order valence-corrected chi connectivity index (χ2v) is 7.37. The van der Waals surface area contributed by atoms with Crippen LogP contribution in [0.2, 0.25) is 0 Å². The van der Waals surface area contributed by atoms with Crippen molar-refractivity contribution in [2.45, 2.75) is 17.6 Å². The third-order valence-corrected chi connectivity index (χ3v) is 5.15. The van der Waals surface area contributed by atoms with E-state index in [0.29, 0.717) is 11.4 Å². The average Bonchev–Trinajstić information content (AvgIpc) is 2.67. The molecule has 0 saturated heterocycles. The molecule has 0 saturated carbocycles. The summed E-state index contributed by atoms with van der Waals surface area (Å²) in [4.78, 5) is 7.91. The second-order valence-electron chi connectivity index (χ2n) is 5.61. The minimum Gasteiger partial charge on any atom is -0.240 e. The van der Waals surface area contributed by atoms with Crippen LogP contribution in [-0.4, -0.2) is 18.4 Å². The Bertz CT molecular complexity index is 1020. The lowest BCUT2D eigenvalue weighted by molar-refractivity contribution is -0.137. The molecule has 0 aliphatic heterocycles. The topological polar surface area (TPSA) is 72.0 Å². The minimum atomic E-state index is -4.52. The molecule has 0 bridgehead atoms. The first kappa shape index (κ1) is 19.0. The summed E-state index contributed by atoms with van der Waals surface area (Å²) in [6.07, 6.45) is -3.20. The highest BCUT2D eigenvalue weighted by molar-refractivity contribution is 7.89. The Hall–Kier alpha value is -2.78. The Kier molecular flexibility index (Phi) is 5.24. The maximum Gasteiger partial charge on any atom is 0.416 e. The summed E-state index contributed by atoms with van der Waals surface area (Å²) < 4.78 is 64.7. The lowest BCUT2D eigenvalue weighted by Gasteiger charge is -2.09. The Balaban J connectivity index is 1.74. The van der Waals surface area contributed by atoms with Crippen LogP contribution in [0.4, 0.5) is 13.2 Å². The molecular weight excluding hydrogens is 379 g/mol. The first-order valence-corrected chi connectivity index (χ1v) is 9.27. The number of rotatable bonds is 5. The van der Waals surface area contributed by atoms with E-state index in [1.165, 1.54) is 6.33 Å². The summed E-state index contributed by atoms with van der Waals surface area (Å²) >= 11 is 0. The Morgan fingerprint density at radius 1 is 0.926 bits per heavy atom. The quantitative estimate of drug-likeness (QED) is 0.718. The first-order chi connectivity index (χ1) is 12.8. The minimum absolute atomic E-state index is 0.119. The molecule has 0 atom stereocenters. The summed E-state index contributed by atoms with van der Waals surface area (Å²) in [6.45, 7) is -0.119. The van der Waals surface area contributed by atoms with Gasteiger partial charge in [-0.25, -0.2) is 23.1 Å². The fourth-order valence-corrected chi connectivity index (χ4v) is 3.34. The number of benzene rings is 2. The highest BCUT2D eigenvalue weighted by atomic mass is 32.2. The van der Waals surface area contributed by atoms with Gasteiger partial charge in [0.15, 0.2) is 0 Å². The van der Waals surface area contributed by atoms with E-state index in [4.69, 9.17) is 0 Å². The maximum atomic E-state index is 12.6. The van der Waals surface area contributed by atoms with E-state index in [-0.39, 0.29) is 11.4 Å². The van der Waals surface area contributed by atoms with Gasteiger partial charge in [0.1, 0.15) is 6.33 Å². The van der Waals surface area contributed by atoms with E-state index < -0.39 is 21.8 Å². The third kappa shape index (κ3) is 4.69. The predicted molar refractivity (Wildman–Crippen MR) is 92.9 cm³/mol. The van der Waals surface area contributed by atoms with Gasteiger partial charge in [0, 0.05) is 5.56 Å². The predicted octanol–water partition coefficient (Wildman–Crippen LogP) is 3.64. The molecule has 0 unspecified atom stereocenters. The van der Waals surface area contributed by atoms with E-state index in [0.717, 1.165) is 29.8 Å². The van der Waals surface area contributed by atoms with Crippen molar-refractivity contribution in [3.63, 3.8) is 0 Å². The zero-order chi connectivity index (χ0) is 19.5. The Morgan fingerprint density at radius 3 is 2.22 bits per heavy atom. The van der Waals surface area contributed by atoms with Crippen molar-refractivity contribution < 1.29 is 21.6 Å². The largest absolute Gasteiger partial charge is 0.416 e. The van der Waals surface area contributed by atoms with Crippen LogP contribution < -0.4 is 4.72 Å². The lowest BCUT2D eigenvalue weighted by atomic mass is 10.1. The molecule has 0 radical (unpaired) electrons. The standard InChI is InChI=1S/C18H14F3N3O2S/c19-18(20,21)14-6-8-16(9-7-14)27(25,26)24-11-15-10-17(23-12-22-15)13-4-2-1-3-5-13/h1-10,12,24H,11H2. The lowest BCUT2D eigenvalue weighted by Crippen LogP contribution is -2.24. The van der Waals surface area contributed by atoms with Crippen molar-refractivity contribution in [1.29, 1.82) is 0 Å². The van der Waals surface area contributed by atoms with Crippen molar-refractivity contribution >= 4 is 10.0 Å². The van der Waals surface area contributed by atoms with Crippen molar-refractivity contribution in [2.24, 2.45) is 0 Å². The average molecular weight is 393 g/mol. The summed E-state index contributed by atoms with van der Waals surface area (Å²) in [5.74, 6) is 0. The van der Waals surface area contributed by atoms with Gasteiger partial charge < -0.3 is 0 Å². The Labute approximate surface area is 154 Å². The van der Waals surface area contributed by atoms with Crippen LogP contribution in [0.25, 0.3) is 11.3 Å². The second kappa shape index (κ2) is 7.45. The zero-order valence-electron chi connectivity index (χ0n) is 13.8. The van der Waals surface area contributed by atoms with Gasteiger partial charge in [0.25, 0.3) is 0 Å². The molecule has 140 valence electrons. The van der Waals surface area contributed by atoms with Crippen molar-refractivity contribution in [3.05, 3.63) is 78.2 Å². The summed E-state index contributed by atoms with van der Waals surface area (Å²) in [6, 6.07) is 14.2. The van der Waals surface area contributed by atoms with Crippen LogP contribution in [-0.2, 0) is 22.7 Å². The van der Waals surface area contributed by atoms with E-state index in [1.54, 1.807) is 6.07 Å². The van der Waals surface area contributed by atoms with Crippen LogP contribution in [0.3, 0.4) is 0 Å². The van der Waals surface area contributed by atoms with Crippen molar-refractivity contribution in [1.82, 2.24) is 14.7 Å². The smallest absolute Gasteiger partial charge is 0.240 e. The number of aromatic nitrogens is 2. The summed E-state index contributed by atoms with van der Waals surface area (Å²) in [5.41, 5.74) is 1.00. The van der Waals surface area contributed by atoms with Gasteiger partial charge in [-0.05, 0) is 30.3 Å². The molecule has 2 aromatic carbocycles. The van der Waals surface area contributed by atoms with Crippen LogP contribution in [0.1, 0.15) is 11.3 Å². The molecule has 9 heteroatoms.